The van der Waals surface area contributed by atoms with E-state index in [4.69, 9.17) is 25.9 Å². The largest absolute Gasteiger partial charge is 0.493 e. The lowest BCUT2D eigenvalue weighted by Crippen LogP contribution is -2.18. The first-order chi connectivity index (χ1) is 17.0. The Morgan fingerprint density at radius 2 is 1.97 bits per heavy atom. The second-order valence-electron chi connectivity index (χ2n) is 7.20. The minimum absolute atomic E-state index is 0.0447. The number of H-pyrrole nitrogens is 1. The zero-order valence-corrected chi connectivity index (χ0v) is 18.6. The van der Waals surface area contributed by atoms with Gasteiger partial charge in [0.25, 0.3) is 5.95 Å². The predicted octanol–water partition coefficient (Wildman–Crippen LogP) is 1.75. The summed E-state index contributed by atoms with van der Waals surface area (Å²) in [5, 5.41) is 24.2. The van der Waals surface area contributed by atoms with Crippen molar-refractivity contribution >= 4 is 11.5 Å². The van der Waals surface area contributed by atoms with Crippen molar-refractivity contribution in [3.63, 3.8) is 0 Å². The number of hydrogen-bond acceptors (Lipinski definition) is 9. The summed E-state index contributed by atoms with van der Waals surface area (Å²) in [7, 11) is 1.49. The highest BCUT2D eigenvalue weighted by molar-refractivity contribution is 5.95. The smallest absolute Gasteiger partial charge is 0.350 e. The number of hydrogen-bond donors (Lipinski definition) is 4. The lowest BCUT2D eigenvalue weighted by Gasteiger charge is -2.20. The second-order valence-corrected chi connectivity index (χ2v) is 7.20. The van der Waals surface area contributed by atoms with Crippen LogP contribution in [0.1, 0.15) is 23.0 Å². The van der Waals surface area contributed by atoms with E-state index in [0.29, 0.717) is 34.1 Å². The number of amidine groups is 1. The summed E-state index contributed by atoms with van der Waals surface area (Å²) in [6.45, 7) is -0.130. The van der Waals surface area contributed by atoms with E-state index in [2.05, 4.69) is 25.4 Å². The van der Waals surface area contributed by atoms with Crippen molar-refractivity contribution < 1.29 is 9.47 Å². The average molecular weight is 471 g/mol. The van der Waals surface area contributed by atoms with Crippen LogP contribution in [0.2, 0.25) is 0 Å². The average Bonchev–Trinajstić information content (AvgIpc) is 3.27. The number of nitrogen functional groups attached to an aromatic ring is 1. The summed E-state index contributed by atoms with van der Waals surface area (Å²) in [6, 6.07) is 15.0. The number of nitrogens with one attached hydrogen (secondary N) is 3. The third-order valence-corrected chi connectivity index (χ3v) is 4.97. The highest BCUT2D eigenvalue weighted by Crippen LogP contribution is 2.33. The van der Waals surface area contributed by atoms with E-state index < -0.39 is 11.7 Å². The van der Waals surface area contributed by atoms with Crippen LogP contribution in [-0.4, -0.2) is 44.3 Å². The van der Waals surface area contributed by atoms with E-state index in [1.807, 2.05) is 6.07 Å². The summed E-state index contributed by atoms with van der Waals surface area (Å²) in [5.41, 5.74) is 7.00. The van der Waals surface area contributed by atoms with Crippen molar-refractivity contribution in [1.82, 2.24) is 24.7 Å². The quantitative estimate of drug-likeness (QED) is 0.209. The van der Waals surface area contributed by atoms with E-state index in [1.165, 1.54) is 19.5 Å². The lowest BCUT2D eigenvalue weighted by atomic mass is 10.0. The molecule has 4 aromatic rings. The fourth-order valence-electron chi connectivity index (χ4n) is 3.32. The molecule has 1 unspecified atom stereocenters. The Morgan fingerprint density at radius 1 is 1.23 bits per heavy atom. The fourth-order valence-corrected chi connectivity index (χ4v) is 3.32. The molecule has 1 atom stereocenters. The van der Waals surface area contributed by atoms with Crippen LogP contribution in [-0.2, 0) is 0 Å². The van der Waals surface area contributed by atoms with E-state index in [0.717, 1.165) is 4.68 Å². The number of aromatic amines is 1. The zero-order valence-electron chi connectivity index (χ0n) is 18.6. The van der Waals surface area contributed by atoms with Gasteiger partial charge >= 0.3 is 5.69 Å². The van der Waals surface area contributed by atoms with Crippen molar-refractivity contribution in [3.05, 3.63) is 88.4 Å². The summed E-state index contributed by atoms with van der Waals surface area (Å²) in [6.07, 6.45) is 3.03. The van der Waals surface area contributed by atoms with Crippen LogP contribution in [0.3, 0.4) is 0 Å². The number of rotatable bonds is 9. The Kier molecular flexibility index (Phi) is 6.68. The van der Waals surface area contributed by atoms with Gasteiger partial charge in [-0.15, -0.1) is 9.78 Å². The van der Waals surface area contributed by atoms with Gasteiger partial charge in [0.2, 0.25) is 0 Å². The van der Waals surface area contributed by atoms with Crippen molar-refractivity contribution in [1.29, 1.82) is 10.7 Å². The Hall–Kier alpha value is -5.18. The highest BCUT2D eigenvalue weighted by Gasteiger charge is 2.22. The maximum absolute atomic E-state index is 12.7. The van der Waals surface area contributed by atoms with Crippen LogP contribution in [0.4, 0.5) is 5.69 Å². The molecular weight excluding hydrogens is 450 g/mol. The van der Waals surface area contributed by atoms with E-state index >= 15 is 0 Å². The molecule has 0 amide bonds. The molecule has 2 aromatic heterocycles. The molecule has 176 valence electrons. The van der Waals surface area contributed by atoms with Crippen LogP contribution in [0, 0.1) is 16.7 Å². The maximum Gasteiger partial charge on any atom is 0.350 e. The Morgan fingerprint density at radius 3 is 2.63 bits per heavy atom. The molecule has 0 aliphatic carbocycles. The number of nitrogens with zero attached hydrogens (tertiary/aromatic N) is 5. The summed E-state index contributed by atoms with van der Waals surface area (Å²) < 4.78 is 11.9. The number of ether oxygens (including phenoxy) is 2. The van der Waals surface area contributed by atoms with Crippen molar-refractivity contribution in [2.75, 3.05) is 19.0 Å². The van der Waals surface area contributed by atoms with Gasteiger partial charge in [0.1, 0.15) is 17.9 Å². The van der Waals surface area contributed by atoms with E-state index in [9.17, 15) is 4.79 Å². The molecule has 12 nitrogen and oxygen atoms in total. The third kappa shape index (κ3) is 5.09. The van der Waals surface area contributed by atoms with Crippen molar-refractivity contribution in [2.24, 2.45) is 5.73 Å². The Balaban J connectivity index is 1.76. The van der Waals surface area contributed by atoms with Gasteiger partial charge in [-0.3, -0.25) is 10.4 Å². The number of methoxy groups -OCH3 is 1. The van der Waals surface area contributed by atoms with Gasteiger partial charge in [-0.25, -0.2) is 14.8 Å². The molecule has 2 heterocycles. The monoisotopic (exact) mass is 471 g/mol. The number of aromatic nitrogens is 5. The standard InChI is InChI=1S/C23H21N9O3/c1-34-18-13-15(5-8-17(18)35-12-9-24)19(29-16-6-3-14(4-7-16)20(25)26)21-30-23(33)32(31-21)22-27-10-2-11-28-22/h2-8,10-11,13,19,29H,12H2,1H3,(H3,25,26)(H,30,31,33). The lowest BCUT2D eigenvalue weighted by molar-refractivity contribution is 0.329. The number of nitriles is 1. The molecule has 35 heavy (non-hydrogen) atoms. The summed E-state index contributed by atoms with van der Waals surface area (Å²) in [4.78, 5) is 23.6. The molecule has 2 aromatic carbocycles. The van der Waals surface area contributed by atoms with Gasteiger partial charge in [0.15, 0.2) is 23.9 Å². The molecule has 0 saturated heterocycles. The fraction of sp³-hybridized carbons (Fsp3) is 0.130. The molecule has 0 saturated carbocycles. The van der Waals surface area contributed by atoms with Gasteiger partial charge in [0, 0.05) is 23.6 Å². The summed E-state index contributed by atoms with van der Waals surface area (Å²) in [5.74, 6) is 1.19. The molecule has 4 rings (SSSR count). The van der Waals surface area contributed by atoms with Gasteiger partial charge in [-0.05, 0) is 48.0 Å². The molecule has 0 bridgehead atoms. The van der Waals surface area contributed by atoms with Gasteiger partial charge in [-0.2, -0.15) is 5.26 Å². The van der Waals surface area contributed by atoms with E-state index in [-0.39, 0.29) is 18.4 Å². The highest BCUT2D eigenvalue weighted by atomic mass is 16.5. The maximum atomic E-state index is 12.7. The van der Waals surface area contributed by atoms with Crippen LogP contribution >= 0.6 is 0 Å². The first kappa shape index (κ1) is 23.0. The SMILES string of the molecule is COc1cc(C(Nc2ccc(C(=N)N)cc2)c2nn(-c3ncccn3)c(=O)[nH]2)ccc1OCC#N. The summed E-state index contributed by atoms with van der Waals surface area (Å²) >= 11 is 0. The number of nitrogens with two attached hydrogens (primary N) is 1. The van der Waals surface area contributed by atoms with Gasteiger partial charge < -0.3 is 20.5 Å². The normalized spacial score (nSPS) is 11.3. The molecule has 12 heteroatoms. The van der Waals surface area contributed by atoms with Crippen LogP contribution in [0.15, 0.2) is 65.7 Å². The Bertz CT molecular complexity index is 1420. The minimum Gasteiger partial charge on any atom is -0.493 e. The minimum atomic E-state index is -0.630. The van der Waals surface area contributed by atoms with Gasteiger partial charge in [0.05, 0.1) is 7.11 Å². The van der Waals surface area contributed by atoms with E-state index in [1.54, 1.807) is 48.5 Å². The van der Waals surface area contributed by atoms with Crippen molar-refractivity contribution in [3.8, 4) is 23.5 Å². The van der Waals surface area contributed by atoms with Crippen LogP contribution in [0.25, 0.3) is 5.95 Å². The molecule has 0 radical (unpaired) electrons. The predicted molar refractivity (Wildman–Crippen MR) is 127 cm³/mol. The first-order valence-electron chi connectivity index (χ1n) is 10.4. The molecular formula is C23H21N9O3. The number of anilines is 1. The Labute approximate surface area is 199 Å². The van der Waals surface area contributed by atoms with Gasteiger partial charge in [-0.1, -0.05) is 6.07 Å². The molecule has 0 fully saturated rings. The topological polar surface area (TPSA) is 181 Å². The van der Waals surface area contributed by atoms with Crippen LogP contribution in [0.5, 0.6) is 11.5 Å². The third-order valence-electron chi connectivity index (χ3n) is 4.97. The zero-order chi connectivity index (χ0) is 24.8. The second kappa shape index (κ2) is 10.2. The van der Waals surface area contributed by atoms with Crippen LogP contribution < -0.4 is 26.2 Å². The first-order valence-corrected chi connectivity index (χ1v) is 10.4. The molecule has 0 spiro atoms. The molecule has 0 aliphatic heterocycles. The number of benzene rings is 2. The van der Waals surface area contributed by atoms with Crippen molar-refractivity contribution in [2.45, 2.75) is 6.04 Å². The molecule has 5 N–H and O–H groups in total. The molecule has 0 aliphatic rings.